The van der Waals surface area contributed by atoms with E-state index in [1.54, 1.807) is 12.1 Å². The normalized spacial score (nSPS) is 10.8. The van der Waals surface area contributed by atoms with Crippen LogP contribution in [0.1, 0.15) is 11.1 Å². The number of amides is 1. The molecule has 120 valence electrons. The van der Waals surface area contributed by atoms with E-state index < -0.39 is 0 Å². The van der Waals surface area contributed by atoms with Crippen LogP contribution in [0.3, 0.4) is 0 Å². The molecule has 0 saturated heterocycles. The van der Waals surface area contributed by atoms with Crippen molar-refractivity contribution in [1.29, 1.82) is 0 Å². The molecule has 4 nitrogen and oxygen atoms in total. The van der Waals surface area contributed by atoms with Gasteiger partial charge in [0.05, 0.1) is 10.7 Å². The van der Waals surface area contributed by atoms with Gasteiger partial charge in [-0.05, 0) is 58.2 Å². The van der Waals surface area contributed by atoms with Gasteiger partial charge in [0.25, 0.3) is 5.91 Å². The monoisotopic (exact) mass is 458 g/mol. The van der Waals surface area contributed by atoms with Crippen LogP contribution < -0.4 is 10.2 Å². The number of benzene rings is 2. The van der Waals surface area contributed by atoms with Crippen LogP contribution in [-0.4, -0.2) is 18.7 Å². The molecule has 2 rings (SSSR count). The van der Waals surface area contributed by atoms with E-state index in [0.29, 0.717) is 10.8 Å². The molecule has 7 heteroatoms. The summed E-state index contributed by atoms with van der Waals surface area (Å²) in [4.78, 5) is 11.8. The molecule has 0 saturated carbocycles. The van der Waals surface area contributed by atoms with Crippen molar-refractivity contribution in [3.05, 3.63) is 61.5 Å². The van der Waals surface area contributed by atoms with Gasteiger partial charge in [0.1, 0.15) is 5.75 Å². The third kappa shape index (κ3) is 5.64. The maximum Gasteiger partial charge on any atom is 0.277 e. The fourth-order valence-electron chi connectivity index (χ4n) is 1.81. The zero-order chi connectivity index (χ0) is 16.8. The number of halogens is 3. The van der Waals surface area contributed by atoms with E-state index in [1.165, 1.54) is 6.21 Å². The molecular formula is C16H13Br2ClN2O2. The molecule has 0 fully saturated rings. The predicted molar refractivity (Wildman–Crippen MR) is 99.3 cm³/mol. The van der Waals surface area contributed by atoms with Gasteiger partial charge < -0.3 is 4.74 Å². The standard InChI is InChI=1S/C16H13Br2ClN2O2/c1-10-5-12(17)7-14(18)16(10)23-9-15(22)21-20-8-11-3-2-4-13(19)6-11/h2-8H,9H2,1H3,(H,21,22). The fraction of sp³-hybridized carbons (Fsp3) is 0.125. The van der Waals surface area contributed by atoms with Crippen molar-refractivity contribution in [3.63, 3.8) is 0 Å². The number of aryl methyl sites for hydroxylation is 1. The summed E-state index contributed by atoms with van der Waals surface area (Å²) in [7, 11) is 0. The van der Waals surface area contributed by atoms with Crippen LogP contribution in [0.25, 0.3) is 0 Å². The van der Waals surface area contributed by atoms with Crippen molar-refractivity contribution >= 4 is 55.6 Å². The Morgan fingerprint density at radius 3 is 2.83 bits per heavy atom. The van der Waals surface area contributed by atoms with Gasteiger partial charge in [-0.2, -0.15) is 5.10 Å². The Labute approximate surface area is 156 Å². The molecule has 23 heavy (non-hydrogen) atoms. The summed E-state index contributed by atoms with van der Waals surface area (Å²) in [5.41, 5.74) is 4.12. The minimum Gasteiger partial charge on any atom is -0.482 e. The van der Waals surface area contributed by atoms with Crippen molar-refractivity contribution in [2.24, 2.45) is 5.10 Å². The Hall–Kier alpha value is -1.37. The predicted octanol–water partition coefficient (Wildman–Crippen LogP) is 4.70. The summed E-state index contributed by atoms with van der Waals surface area (Å²) >= 11 is 12.7. The van der Waals surface area contributed by atoms with Crippen molar-refractivity contribution in [3.8, 4) is 5.75 Å². The van der Waals surface area contributed by atoms with Crippen molar-refractivity contribution < 1.29 is 9.53 Å². The zero-order valence-corrected chi connectivity index (χ0v) is 16.1. The van der Waals surface area contributed by atoms with Crippen LogP contribution in [0.4, 0.5) is 0 Å². The van der Waals surface area contributed by atoms with Gasteiger partial charge in [-0.15, -0.1) is 0 Å². The molecule has 0 spiro atoms. The molecule has 0 aliphatic rings. The van der Waals surface area contributed by atoms with Crippen LogP contribution >= 0.6 is 43.5 Å². The lowest BCUT2D eigenvalue weighted by atomic mass is 10.2. The van der Waals surface area contributed by atoms with Crippen molar-refractivity contribution in [2.45, 2.75) is 6.92 Å². The van der Waals surface area contributed by atoms with Crippen LogP contribution in [0.15, 0.2) is 50.4 Å². The van der Waals surface area contributed by atoms with Gasteiger partial charge in [0.2, 0.25) is 0 Å². The van der Waals surface area contributed by atoms with Crippen LogP contribution in [-0.2, 0) is 4.79 Å². The van der Waals surface area contributed by atoms with E-state index in [9.17, 15) is 4.79 Å². The van der Waals surface area contributed by atoms with Gasteiger partial charge in [0.15, 0.2) is 6.61 Å². The summed E-state index contributed by atoms with van der Waals surface area (Å²) in [6, 6.07) is 10.9. The first-order valence-electron chi connectivity index (χ1n) is 6.61. The summed E-state index contributed by atoms with van der Waals surface area (Å²) in [5, 5.41) is 4.48. The number of carbonyl (C=O) groups is 1. The largest absolute Gasteiger partial charge is 0.482 e. The zero-order valence-electron chi connectivity index (χ0n) is 12.1. The Bertz CT molecular complexity index is 728. The van der Waals surface area contributed by atoms with Crippen LogP contribution in [0, 0.1) is 6.92 Å². The van der Waals surface area contributed by atoms with Crippen LogP contribution in [0.5, 0.6) is 5.75 Å². The lowest BCUT2D eigenvalue weighted by Crippen LogP contribution is -2.24. The number of rotatable bonds is 5. The highest BCUT2D eigenvalue weighted by atomic mass is 79.9. The lowest BCUT2D eigenvalue weighted by Gasteiger charge is -2.10. The molecule has 0 bridgehead atoms. The van der Waals surface area contributed by atoms with Crippen molar-refractivity contribution in [2.75, 3.05) is 6.61 Å². The molecule has 0 radical (unpaired) electrons. The van der Waals surface area contributed by atoms with E-state index in [0.717, 1.165) is 20.1 Å². The van der Waals surface area contributed by atoms with Crippen LogP contribution in [0.2, 0.25) is 5.02 Å². The maximum absolute atomic E-state index is 11.8. The Morgan fingerprint density at radius 2 is 2.13 bits per heavy atom. The first kappa shape index (κ1) is 18.0. The summed E-state index contributed by atoms with van der Waals surface area (Å²) in [6.45, 7) is 1.77. The third-order valence-electron chi connectivity index (χ3n) is 2.79. The first-order valence-corrected chi connectivity index (χ1v) is 8.58. The summed E-state index contributed by atoms with van der Waals surface area (Å²) < 4.78 is 7.24. The van der Waals surface area contributed by atoms with Gasteiger partial charge in [-0.25, -0.2) is 5.43 Å². The average molecular weight is 461 g/mol. The molecule has 0 heterocycles. The highest BCUT2D eigenvalue weighted by Crippen LogP contribution is 2.32. The molecular weight excluding hydrogens is 447 g/mol. The van der Waals surface area contributed by atoms with E-state index >= 15 is 0 Å². The van der Waals surface area contributed by atoms with Crippen molar-refractivity contribution in [1.82, 2.24) is 5.43 Å². The maximum atomic E-state index is 11.8. The number of carbonyl (C=O) groups excluding carboxylic acids is 1. The highest BCUT2D eigenvalue weighted by Gasteiger charge is 2.09. The smallest absolute Gasteiger partial charge is 0.277 e. The third-order valence-corrected chi connectivity index (χ3v) is 4.08. The topological polar surface area (TPSA) is 50.7 Å². The number of nitrogens with zero attached hydrogens (tertiary/aromatic N) is 1. The Balaban J connectivity index is 1.88. The SMILES string of the molecule is Cc1cc(Br)cc(Br)c1OCC(=O)NN=Cc1cccc(Cl)c1. The summed E-state index contributed by atoms with van der Waals surface area (Å²) in [6.07, 6.45) is 1.52. The van der Waals surface area contributed by atoms with E-state index in [-0.39, 0.29) is 12.5 Å². The second kappa shape index (κ2) is 8.47. The highest BCUT2D eigenvalue weighted by molar-refractivity contribution is 9.11. The lowest BCUT2D eigenvalue weighted by molar-refractivity contribution is -0.123. The van der Waals surface area contributed by atoms with E-state index in [4.69, 9.17) is 16.3 Å². The molecule has 1 N–H and O–H groups in total. The van der Waals surface area contributed by atoms with Gasteiger partial charge in [0, 0.05) is 9.50 Å². The number of hydrazone groups is 1. The molecule has 0 aliphatic carbocycles. The minimum absolute atomic E-state index is 0.131. The second-order valence-corrected chi connectivity index (χ2v) is 6.88. The minimum atomic E-state index is -0.350. The fourth-order valence-corrected chi connectivity index (χ4v) is 3.56. The Kier molecular flexibility index (Phi) is 6.62. The Morgan fingerprint density at radius 1 is 1.35 bits per heavy atom. The molecule has 0 unspecified atom stereocenters. The number of nitrogens with one attached hydrogen (secondary N) is 1. The van der Waals surface area contributed by atoms with E-state index in [1.807, 2.05) is 31.2 Å². The van der Waals surface area contributed by atoms with Gasteiger partial charge >= 0.3 is 0 Å². The quantitative estimate of drug-likeness (QED) is 0.519. The number of hydrogen-bond acceptors (Lipinski definition) is 3. The van der Waals surface area contributed by atoms with E-state index in [2.05, 4.69) is 42.4 Å². The number of ether oxygens (including phenoxy) is 1. The van der Waals surface area contributed by atoms with Gasteiger partial charge in [-0.1, -0.05) is 39.7 Å². The van der Waals surface area contributed by atoms with Gasteiger partial charge in [-0.3, -0.25) is 4.79 Å². The molecule has 0 aliphatic heterocycles. The molecule has 2 aromatic carbocycles. The molecule has 1 amide bonds. The molecule has 2 aromatic rings. The average Bonchev–Trinajstić information content (AvgIpc) is 2.46. The molecule has 0 aromatic heterocycles. The number of hydrogen-bond donors (Lipinski definition) is 1. The second-order valence-electron chi connectivity index (χ2n) is 4.67. The summed E-state index contributed by atoms with van der Waals surface area (Å²) in [5.74, 6) is 0.277. The first-order chi connectivity index (χ1) is 11.0. The molecule has 0 atom stereocenters.